The summed E-state index contributed by atoms with van der Waals surface area (Å²) in [7, 11) is 0. The number of nitrogens with one attached hydrogen (secondary N) is 1. The SMILES string of the molecule is Cc1cc(C(=O)Nc2ccc(OCCO)cc2)ccc1Cl. The van der Waals surface area contributed by atoms with Crippen molar-refractivity contribution in [3.05, 3.63) is 58.6 Å². The molecule has 0 fully saturated rings. The first kappa shape index (κ1) is 15.4. The molecule has 0 unspecified atom stereocenters. The van der Waals surface area contributed by atoms with Crippen molar-refractivity contribution >= 4 is 23.2 Å². The standard InChI is InChI=1S/C16H16ClNO3/c1-11-10-12(2-7-15(11)17)16(20)18-13-3-5-14(6-4-13)21-9-8-19/h2-7,10,19H,8-9H2,1H3,(H,18,20). The number of benzene rings is 2. The maximum atomic E-state index is 12.1. The highest BCUT2D eigenvalue weighted by atomic mass is 35.5. The molecule has 2 N–H and O–H groups in total. The summed E-state index contributed by atoms with van der Waals surface area (Å²) in [6.07, 6.45) is 0. The summed E-state index contributed by atoms with van der Waals surface area (Å²) < 4.78 is 5.25. The van der Waals surface area contributed by atoms with Crippen molar-refractivity contribution < 1.29 is 14.6 Å². The van der Waals surface area contributed by atoms with Crippen LogP contribution in [0.4, 0.5) is 5.69 Å². The van der Waals surface area contributed by atoms with Gasteiger partial charge in [-0.1, -0.05) is 11.6 Å². The summed E-state index contributed by atoms with van der Waals surface area (Å²) in [5, 5.41) is 12.1. The number of ether oxygens (including phenoxy) is 1. The number of carbonyl (C=O) groups is 1. The smallest absolute Gasteiger partial charge is 0.255 e. The van der Waals surface area contributed by atoms with E-state index in [-0.39, 0.29) is 19.1 Å². The number of hydrogen-bond donors (Lipinski definition) is 2. The summed E-state index contributed by atoms with van der Waals surface area (Å²) in [4.78, 5) is 12.1. The van der Waals surface area contributed by atoms with Crippen LogP contribution in [0.25, 0.3) is 0 Å². The van der Waals surface area contributed by atoms with Crippen LogP contribution in [0.15, 0.2) is 42.5 Å². The van der Waals surface area contributed by atoms with Crippen molar-refractivity contribution in [2.75, 3.05) is 18.5 Å². The molecule has 5 heteroatoms. The molecule has 110 valence electrons. The zero-order valence-electron chi connectivity index (χ0n) is 11.6. The maximum Gasteiger partial charge on any atom is 0.255 e. The predicted molar refractivity (Wildman–Crippen MR) is 83.2 cm³/mol. The first-order chi connectivity index (χ1) is 10.1. The van der Waals surface area contributed by atoms with Crippen LogP contribution in [0.3, 0.4) is 0 Å². The average Bonchev–Trinajstić information content (AvgIpc) is 2.49. The summed E-state index contributed by atoms with van der Waals surface area (Å²) in [5.41, 5.74) is 2.08. The molecule has 0 aromatic heterocycles. The Labute approximate surface area is 128 Å². The van der Waals surface area contributed by atoms with Crippen LogP contribution < -0.4 is 10.1 Å². The minimum absolute atomic E-state index is 0.0333. The lowest BCUT2D eigenvalue weighted by molar-refractivity contribution is 0.102. The van der Waals surface area contributed by atoms with Gasteiger partial charge in [0, 0.05) is 16.3 Å². The third kappa shape index (κ3) is 4.21. The van der Waals surface area contributed by atoms with E-state index in [4.69, 9.17) is 21.4 Å². The topological polar surface area (TPSA) is 58.6 Å². The van der Waals surface area contributed by atoms with Crippen molar-refractivity contribution in [1.29, 1.82) is 0 Å². The second-order valence-electron chi connectivity index (χ2n) is 4.51. The Balaban J connectivity index is 2.03. The van der Waals surface area contributed by atoms with Crippen LogP contribution in [-0.2, 0) is 0 Å². The molecule has 2 rings (SSSR count). The first-order valence-corrected chi connectivity index (χ1v) is 6.89. The summed E-state index contributed by atoms with van der Waals surface area (Å²) >= 11 is 5.94. The molecule has 0 aliphatic rings. The zero-order valence-corrected chi connectivity index (χ0v) is 12.4. The number of carbonyl (C=O) groups excluding carboxylic acids is 1. The summed E-state index contributed by atoms with van der Waals surface area (Å²) in [6, 6.07) is 12.1. The fourth-order valence-corrected chi connectivity index (χ4v) is 1.90. The number of anilines is 1. The van der Waals surface area contributed by atoms with E-state index >= 15 is 0 Å². The van der Waals surface area contributed by atoms with Gasteiger partial charge < -0.3 is 15.2 Å². The van der Waals surface area contributed by atoms with Crippen LogP contribution in [0.1, 0.15) is 15.9 Å². The Hall–Kier alpha value is -2.04. The van der Waals surface area contributed by atoms with Gasteiger partial charge in [-0.3, -0.25) is 4.79 Å². The van der Waals surface area contributed by atoms with Gasteiger partial charge in [0.1, 0.15) is 12.4 Å². The highest BCUT2D eigenvalue weighted by Gasteiger charge is 2.07. The van der Waals surface area contributed by atoms with Gasteiger partial charge in [0.25, 0.3) is 5.91 Å². The molecule has 0 saturated heterocycles. The van der Waals surface area contributed by atoms with Gasteiger partial charge >= 0.3 is 0 Å². The number of halogens is 1. The molecule has 4 nitrogen and oxygen atoms in total. The average molecular weight is 306 g/mol. The molecular weight excluding hydrogens is 290 g/mol. The highest BCUT2D eigenvalue weighted by molar-refractivity contribution is 6.31. The van der Waals surface area contributed by atoms with Crippen molar-refractivity contribution in [3.8, 4) is 5.75 Å². The summed E-state index contributed by atoms with van der Waals surface area (Å²) in [6.45, 7) is 2.07. The fourth-order valence-electron chi connectivity index (χ4n) is 1.79. The number of aryl methyl sites for hydroxylation is 1. The molecule has 0 heterocycles. The molecule has 21 heavy (non-hydrogen) atoms. The second kappa shape index (κ2) is 7.11. The molecule has 0 spiro atoms. The lowest BCUT2D eigenvalue weighted by Crippen LogP contribution is -2.12. The van der Waals surface area contributed by atoms with Gasteiger partial charge in [0.05, 0.1) is 6.61 Å². The first-order valence-electron chi connectivity index (χ1n) is 6.51. The van der Waals surface area contributed by atoms with E-state index in [0.29, 0.717) is 22.0 Å². The van der Waals surface area contributed by atoms with Gasteiger partial charge in [-0.15, -0.1) is 0 Å². The van der Waals surface area contributed by atoms with Gasteiger partial charge in [-0.05, 0) is 55.0 Å². The number of hydrogen-bond acceptors (Lipinski definition) is 3. The van der Waals surface area contributed by atoms with Crippen LogP contribution in [-0.4, -0.2) is 24.2 Å². The Morgan fingerprint density at radius 2 is 1.95 bits per heavy atom. The third-order valence-corrected chi connectivity index (χ3v) is 3.32. The van der Waals surface area contributed by atoms with Crippen LogP contribution in [0.5, 0.6) is 5.75 Å². The van der Waals surface area contributed by atoms with E-state index in [0.717, 1.165) is 5.56 Å². The third-order valence-electron chi connectivity index (χ3n) is 2.89. The largest absolute Gasteiger partial charge is 0.491 e. The minimum atomic E-state index is -0.196. The molecule has 0 saturated carbocycles. The fraction of sp³-hybridized carbons (Fsp3) is 0.188. The molecular formula is C16H16ClNO3. The number of amides is 1. The monoisotopic (exact) mass is 305 g/mol. The zero-order chi connectivity index (χ0) is 15.2. The highest BCUT2D eigenvalue weighted by Crippen LogP contribution is 2.19. The molecule has 2 aromatic rings. The van der Waals surface area contributed by atoms with Crippen molar-refractivity contribution in [2.45, 2.75) is 6.92 Å². The molecule has 0 radical (unpaired) electrons. The Morgan fingerprint density at radius 3 is 2.57 bits per heavy atom. The minimum Gasteiger partial charge on any atom is -0.491 e. The molecule has 2 aromatic carbocycles. The van der Waals surface area contributed by atoms with E-state index in [2.05, 4.69) is 5.32 Å². The normalized spacial score (nSPS) is 10.2. The molecule has 0 atom stereocenters. The van der Waals surface area contributed by atoms with Gasteiger partial charge in [0.15, 0.2) is 0 Å². The molecule has 0 aliphatic heterocycles. The van der Waals surface area contributed by atoms with Crippen LogP contribution >= 0.6 is 11.6 Å². The van der Waals surface area contributed by atoms with Gasteiger partial charge in [-0.25, -0.2) is 0 Å². The van der Waals surface area contributed by atoms with Gasteiger partial charge in [0.2, 0.25) is 0 Å². The van der Waals surface area contributed by atoms with Crippen LogP contribution in [0, 0.1) is 6.92 Å². The lowest BCUT2D eigenvalue weighted by Gasteiger charge is -2.08. The van der Waals surface area contributed by atoms with Crippen molar-refractivity contribution in [2.24, 2.45) is 0 Å². The molecule has 0 aliphatic carbocycles. The molecule has 0 bridgehead atoms. The number of aliphatic hydroxyl groups is 1. The maximum absolute atomic E-state index is 12.1. The van der Waals surface area contributed by atoms with E-state index in [9.17, 15) is 4.79 Å². The Morgan fingerprint density at radius 1 is 1.24 bits per heavy atom. The van der Waals surface area contributed by atoms with E-state index in [1.807, 2.05) is 6.92 Å². The van der Waals surface area contributed by atoms with Crippen molar-refractivity contribution in [1.82, 2.24) is 0 Å². The predicted octanol–water partition coefficient (Wildman–Crippen LogP) is 3.27. The molecule has 1 amide bonds. The van der Waals surface area contributed by atoms with E-state index in [1.54, 1.807) is 42.5 Å². The van der Waals surface area contributed by atoms with Crippen LogP contribution in [0.2, 0.25) is 5.02 Å². The van der Waals surface area contributed by atoms with E-state index < -0.39 is 0 Å². The number of aliphatic hydroxyl groups excluding tert-OH is 1. The van der Waals surface area contributed by atoms with E-state index in [1.165, 1.54) is 0 Å². The quantitative estimate of drug-likeness (QED) is 0.891. The second-order valence-corrected chi connectivity index (χ2v) is 4.92. The lowest BCUT2D eigenvalue weighted by atomic mass is 10.1. The summed E-state index contributed by atoms with van der Waals surface area (Å²) in [5.74, 6) is 0.447. The van der Waals surface area contributed by atoms with Gasteiger partial charge in [-0.2, -0.15) is 0 Å². The Bertz CT molecular complexity index is 626. The van der Waals surface area contributed by atoms with Crippen molar-refractivity contribution in [3.63, 3.8) is 0 Å². The Kier molecular flexibility index (Phi) is 5.20. The number of rotatable bonds is 5.